The van der Waals surface area contributed by atoms with E-state index in [1.54, 1.807) is 0 Å². The zero-order valence-corrected chi connectivity index (χ0v) is 11.8. The standard InChI is InChI=1S/C14H23N3O2/c1-3-4-7-18-8-9-19-14-10(2)12(15)16-13(17-14)11-5-6-11/h11H,3-9H2,1-2H3,(H2,15,16,17). The van der Waals surface area contributed by atoms with Crippen LogP contribution in [0.5, 0.6) is 5.88 Å². The predicted molar refractivity (Wildman–Crippen MR) is 74.4 cm³/mol. The van der Waals surface area contributed by atoms with Crippen LogP contribution < -0.4 is 10.5 Å². The maximum Gasteiger partial charge on any atom is 0.221 e. The summed E-state index contributed by atoms with van der Waals surface area (Å²) in [5.74, 6) is 2.43. The van der Waals surface area contributed by atoms with Gasteiger partial charge in [0.2, 0.25) is 5.88 Å². The van der Waals surface area contributed by atoms with Gasteiger partial charge in [-0.15, -0.1) is 0 Å². The Hall–Kier alpha value is -1.36. The van der Waals surface area contributed by atoms with Gasteiger partial charge in [0.25, 0.3) is 0 Å². The van der Waals surface area contributed by atoms with Gasteiger partial charge in [-0.1, -0.05) is 13.3 Å². The second kappa shape index (κ2) is 6.70. The molecule has 1 aromatic heterocycles. The zero-order chi connectivity index (χ0) is 13.7. The molecule has 5 nitrogen and oxygen atoms in total. The normalized spacial score (nSPS) is 14.6. The fraction of sp³-hybridized carbons (Fsp3) is 0.714. The fourth-order valence-corrected chi connectivity index (χ4v) is 1.74. The predicted octanol–water partition coefficient (Wildman–Crippen LogP) is 2.44. The Bertz CT molecular complexity index is 419. The van der Waals surface area contributed by atoms with E-state index in [1.807, 2.05) is 6.92 Å². The molecule has 1 heterocycles. The molecule has 1 aliphatic carbocycles. The summed E-state index contributed by atoms with van der Waals surface area (Å²) < 4.78 is 11.1. The molecule has 2 N–H and O–H groups in total. The lowest BCUT2D eigenvalue weighted by Gasteiger charge is -2.11. The lowest BCUT2D eigenvalue weighted by molar-refractivity contribution is 0.0961. The Morgan fingerprint density at radius 1 is 1.21 bits per heavy atom. The Labute approximate surface area is 114 Å². The van der Waals surface area contributed by atoms with E-state index in [1.165, 1.54) is 0 Å². The number of nitrogen functional groups attached to an aromatic ring is 1. The fourth-order valence-electron chi connectivity index (χ4n) is 1.74. The van der Waals surface area contributed by atoms with Gasteiger partial charge in [-0.2, -0.15) is 4.98 Å². The van der Waals surface area contributed by atoms with Crippen LogP contribution in [-0.4, -0.2) is 29.8 Å². The molecule has 0 spiro atoms. The van der Waals surface area contributed by atoms with Gasteiger partial charge in [0.15, 0.2) is 0 Å². The maximum atomic E-state index is 5.89. The summed E-state index contributed by atoms with van der Waals surface area (Å²) in [5.41, 5.74) is 6.71. The Morgan fingerprint density at radius 2 is 2.00 bits per heavy atom. The number of ether oxygens (including phenoxy) is 2. The highest BCUT2D eigenvalue weighted by molar-refractivity contribution is 5.45. The average molecular weight is 265 g/mol. The van der Waals surface area contributed by atoms with Crippen LogP contribution in [0.4, 0.5) is 5.82 Å². The lowest BCUT2D eigenvalue weighted by Crippen LogP contribution is -2.11. The van der Waals surface area contributed by atoms with Crippen LogP contribution in [0.1, 0.15) is 49.9 Å². The number of rotatable bonds is 8. The summed E-state index contributed by atoms with van der Waals surface area (Å²) in [7, 11) is 0. The van der Waals surface area contributed by atoms with E-state index in [9.17, 15) is 0 Å². The quantitative estimate of drug-likeness (QED) is 0.731. The van der Waals surface area contributed by atoms with Crippen LogP contribution in [0.3, 0.4) is 0 Å². The average Bonchev–Trinajstić information content (AvgIpc) is 3.22. The second-order valence-corrected chi connectivity index (χ2v) is 4.99. The smallest absolute Gasteiger partial charge is 0.221 e. The van der Waals surface area contributed by atoms with Gasteiger partial charge in [0.1, 0.15) is 18.2 Å². The SMILES string of the molecule is CCCCOCCOc1nc(C2CC2)nc(N)c1C. The molecule has 1 saturated carbocycles. The molecule has 1 aliphatic rings. The first-order valence-electron chi connectivity index (χ1n) is 7.07. The molecule has 0 radical (unpaired) electrons. The third-order valence-electron chi connectivity index (χ3n) is 3.21. The van der Waals surface area contributed by atoms with Crippen molar-refractivity contribution < 1.29 is 9.47 Å². The van der Waals surface area contributed by atoms with Crippen LogP contribution in [0, 0.1) is 6.92 Å². The zero-order valence-electron chi connectivity index (χ0n) is 11.8. The first kappa shape index (κ1) is 14.1. The van der Waals surface area contributed by atoms with Crippen molar-refractivity contribution in [3.63, 3.8) is 0 Å². The summed E-state index contributed by atoms with van der Waals surface area (Å²) >= 11 is 0. The Balaban J connectivity index is 1.84. The van der Waals surface area contributed by atoms with E-state index in [2.05, 4.69) is 16.9 Å². The van der Waals surface area contributed by atoms with E-state index in [4.69, 9.17) is 15.2 Å². The highest BCUT2D eigenvalue weighted by Crippen LogP contribution is 2.39. The summed E-state index contributed by atoms with van der Waals surface area (Å²) in [5, 5.41) is 0. The van der Waals surface area contributed by atoms with Crippen molar-refractivity contribution in [1.82, 2.24) is 9.97 Å². The number of unbranched alkanes of at least 4 members (excludes halogenated alkanes) is 1. The van der Waals surface area contributed by atoms with Crippen LogP contribution in [0.25, 0.3) is 0 Å². The third kappa shape index (κ3) is 4.06. The van der Waals surface area contributed by atoms with E-state index < -0.39 is 0 Å². The molecule has 19 heavy (non-hydrogen) atoms. The highest BCUT2D eigenvalue weighted by atomic mass is 16.5. The van der Waals surface area contributed by atoms with Crippen molar-refractivity contribution in [2.45, 2.75) is 45.4 Å². The van der Waals surface area contributed by atoms with Gasteiger partial charge < -0.3 is 15.2 Å². The minimum absolute atomic E-state index is 0.478. The van der Waals surface area contributed by atoms with Crippen LogP contribution in [0.15, 0.2) is 0 Å². The molecule has 0 saturated heterocycles. The minimum atomic E-state index is 0.478. The van der Waals surface area contributed by atoms with E-state index in [0.717, 1.165) is 43.7 Å². The number of anilines is 1. The minimum Gasteiger partial charge on any atom is -0.475 e. The van der Waals surface area contributed by atoms with Gasteiger partial charge in [-0.3, -0.25) is 0 Å². The molecule has 2 rings (SSSR count). The van der Waals surface area contributed by atoms with E-state index in [0.29, 0.717) is 30.8 Å². The van der Waals surface area contributed by atoms with E-state index >= 15 is 0 Å². The Morgan fingerprint density at radius 3 is 2.68 bits per heavy atom. The molecule has 1 fully saturated rings. The molecular formula is C14H23N3O2. The molecule has 106 valence electrons. The number of hydrogen-bond donors (Lipinski definition) is 1. The molecule has 0 aromatic carbocycles. The topological polar surface area (TPSA) is 70.3 Å². The number of nitrogens with zero attached hydrogens (tertiary/aromatic N) is 2. The third-order valence-corrected chi connectivity index (χ3v) is 3.21. The van der Waals surface area contributed by atoms with Crippen molar-refractivity contribution in [3.8, 4) is 5.88 Å². The van der Waals surface area contributed by atoms with Crippen LogP contribution in [0.2, 0.25) is 0 Å². The monoisotopic (exact) mass is 265 g/mol. The number of aromatic nitrogens is 2. The summed E-state index contributed by atoms with van der Waals surface area (Å²) in [6.45, 7) is 5.91. The van der Waals surface area contributed by atoms with E-state index in [-0.39, 0.29) is 0 Å². The van der Waals surface area contributed by atoms with Gasteiger partial charge in [-0.25, -0.2) is 4.98 Å². The largest absolute Gasteiger partial charge is 0.475 e. The van der Waals surface area contributed by atoms with Gasteiger partial charge in [0.05, 0.1) is 12.2 Å². The van der Waals surface area contributed by atoms with Gasteiger partial charge >= 0.3 is 0 Å². The molecule has 0 unspecified atom stereocenters. The van der Waals surface area contributed by atoms with Crippen molar-refractivity contribution in [3.05, 3.63) is 11.4 Å². The van der Waals surface area contributed by atoms with Crippen LogP contribution in [-0.2, 0) is 4.74 Å². The second-order valence-electron chi connectivity index (χ2n) is 4.99. The van der Waals surface area contributed by atoms with Gasteiger partial charge in [-0.05, 0) is 26.2 Å². The molecule has 0 atom stereocenters. The van der Waals surface area contributed by atoms with Crippen molar-refractivity contribution in [2.75, 3.05) is 25.6 Å². The first-order chi connectivity index (χ1) is 9.22. The number of hydrogen-bond acceptors (Lipinski definition) is 5. The summed E-state index contributed by atoms with van der Waals surface area (Å²) in [6.07, 6.45) is 4.54. The highest BCUT2D eigenvalue weighted by Gasteiger charge is 2.28. The van der Waals surface area contributed by atoms with Crippen molar-refractivity contribution in [1.29, 1.82) is 0 Å². The molecule has 5 heteroatoms. The molecule has 0 amide bonds. The number of nitrogens with two attached hydrogens (primary N) is 1. The van der Waals surface area contributed by atoms with Crippen molar-refractivity contribution in [2.24, 2.45) is 0 Å². The molecule has 0 bridgehead atoms. The lowest BCUT2D eigenvalue weighted by atomic mass is 10.3. The molecule has 1 aromatic rings. The Kier molecular flexibility index (Phi) is 4.96. The maximum absolute atomic E-state index is 5.89. The first-order valence-corrected chi connectivity index (χ1v) is 7.07. The summed E-state index contributed by atoms with van der Waals surface area (Å²) in [4.78, 5) is 8.78. The van der Waals surface area contributed by atoms with Crippen LogP contribution >= 0.6 is 0 Å². The van der Waals surface area contributed by atoms with Crippen molar-refractivity contribution >= 4 is 5.82 Å². The van der Waals surface area contributed by atoms with Gasteiger partial charge in [0, 0.05) is 12.5 Å². The molecule has 0 aliphatic heterocycles. The summed E-state index contributed by atoms with van der Waals surface area (Å²) in [6, 6.07) is 0. The molecular weight excluding hydrogens is 242 g/mol.